The van der Waals surface area contributed by atoms with E-state index in [0.29, 0.717) is 6.54 Å². The number of aliphatic hydroxyl groups is 1. The van der Waals surface area contributed by atoms with Crippen molar-refractivity contribution in [2.45, 2.75) is 18.9 Å². The molecular formula is C13H18F2N2O. The van der Waals surface area contributed by atoms with Crippen LogP contribution in [0.3, 0.4) is 0 Å². The van der Waals surface area contributed by atoms with Crippen LogP contribution in [0, 0.1) is 11.6 Å². The van der Waals surface area contributed by atoms with Gasteiger partial charge in [0.1, 0.15) is 17.3 Å². The van der Waals surface area contributed by atoms with Gasteiger partial charge in [-0.3, -0.25) is 0 Å². The van der Waals surface area contributed by atoms with E-state index < -0.39 is 17.7 Å². The molecule has 1 aliphatic heterocycles. The monoisotopic (exact) mass is 256 g/mol. The van der Waals surface area contributed by atoms with Crippen LogP contribution in [0.2, 0.25) is 0 Å². The number of hydrogen-bond acceptors (Lipinski definition) is 3. The van der Waals surface area contributed by atoms with Crippen LogP contribution in [0.5, 0.6) is 0 Å². The van der Waals surface area contributed by atoms with Crippen molar-refractivity contribution in [2.24, 2.45) is 0 Å². The van der Waals surface area contributed by atoms with Gasteiger partial charge in [0.05, 0.1) is 6.10 Å². The van der Waals surface area contributed by atoms with Crippen molar-refractivity contribution in [2.75, 3.05) is 31.5 Å². The van der Waals surface area contributed by atoms with Crippen molar-refractivity contribution < 1.29 is 13.9 Å². The first-order valence-electron chi connectivity index (χ1n) is 6.25. The first kappa shape index (κ1) is 13.2. The third-order valence-corrected chi connectivity index (χ3v) is 3.14. The van der Waals surface area contributed by atoms with E-state index in [9.17, 15) is 13.9 Å². The summed E-state index contributed by atoms with van der Waals surface area (Å²) in [5.74, 6) is -1.27. The molecule has 1 aromatic rings. The smallest absolute Gasteiger partial charge is 0.149 e. The van der Waals surface area contributed by atoms with Gasteiger partial charge in [-0.15, -0.1) is 0 Å². The Balaban J connectivity index is 1.83. The molecule has 0 aliphatic carbocycles. The lowest BCUT2D eigenvalue weighted by Gasteiger charge is -2.20. The molecule has 0 spiro atoms. The average molecular weight is 256 g/mol. The van der Waals surface area contributed by atoms with Crippen molar-refractivity contribution >= 4 is 5.69 Å². The Morgan fingerprint density at radius 3 is 2.44 bits per heavy atom. The van der Waals surface area contributed by atoms with Gasteiger partial charge in [0.25, 0.3) is 0 Å². The minimum atomic E-state index is -0.636. The number of β-amino-alcohol motifs (C(OH)–C–C–N with tert-alkyl or cyclic N) is 1. The van der Waals surface area contributed by atoms with Crippen molar-refractivity contribution in [3.8, 4) is 0 Å². The highest BCUT2D eigenvalue weighted by atomic mass is 19.1. The molecule has 2 N–H and O–H groups in total. The Bertz CT molecular complexity index is 374. The summed E-state index contributed by atoms with van der Waals surface area (Å²) in [5.41, 5.74) is -0.169. The Labute approximate surface area is 105 Å². The molecule has 100 valence electrons. The summed E-state index contributed by atoms with van der Waals surface area (Å²) in [4.78, 5) is 2.16. The van der Waals surface area contributed by atoms with Crippen LogP contribution >= 0.6 is 0 Å². The second-order valence-electron chi connectivity index (χ2n) is 4.64. The third kappa shape index (κ3) is 3.40. The van der Waals surface area contributed by atoms with Crippen LogP contribution in [0.15, 0.2) is 18.2 Å². The van der Waals surface area contributed by atoms with Crippen molar-refractivity contribution in [3.63, 3.8) is 0 Å². The number of benzene rings is 1. The van der Waals surface area contributed by atoms with Gasteiger partial charge >= 0.3 is 0 Å². The van der Waals surface area contributed by atoms with E-state index in [4.69, 9.17) is 0 Å². The van der Waals surface area contributed by atoms with E-state index in [1.54, 1.807) is 0 Å². The molecule has 0 amide bonds. The quantitative estimate of drug-likeness (QED) is 0.843. The first-order chi connectivity index (χ1) is 8.66. The molecular weight excluding hydrogens is 238 g/mol. The highest BCUT2D eigenvalue weighted by Crippen LogP contribution is 2.18. The van der Waals surface area contributed by atoms with Crippen molar-refractivity contribution in [1.82, 2.24) is 4.90 Å². The predicted octanol–water partition coefficient (Wildman–Crippen LogP) is 1.83. The van der Waals surface area contributed by atoms with Crippen LogP contribution < -0.4 is 5.32 Å². The van der Waals surface area contributed by atoms with Crippen LogP contribution in [0.25, 0.3) is 0 Å². The van der Waals surface area contributed by atoms with E-state index in [2.05, 4.69) is 10.2 Å². The molecule has 18 heavy (non-hydrogen) atoms. The zero-order valence-electron chi connectivity index (χ0n) is 10.2. The van der Waals surface area contributed by atoms with Gasteiger partial charge in [0, 0.05) is 13.1 Å². The normalized spacial score (nSPS) is 17.9. The van der Waals surface area contributed by atoms with Gasteiger partial charge in [-0.05, 0) is 38.1 Å². The molecule has 0 aromatic heterocycles. The van der Waals surface area contributed by atoms with Gasteiger partial charge in [0.15, 0.2) is 0 Å². The van der Waals surface area contributed by atoms with E-state index >= 15 is 0 Å². The average Bonchev–Trinajstić information content (AvgIpc) is 2.81. The van der Waals surface area contributed by atoms with Gasteiger partial charge < -0.3 is 15.3 Å². The molecule has 1 unspecified atom stereocenters. The maximum atomic E-state index is 13.3. The minimum Gasteiger partial charge on any atom is -0.390 e. The van der Waals surface area contributed by atoms with Crippen molar-refractivity contribution in [1.29, 1.82) is 0 Å². The molecule has 0 bridgehead atoms. The topological polar surface area (TPSA) is 35.5 Å². The molecule has 1 aliphatic rings. The highest BCUT2D eigenvalue weighted by Gasteiger charge is 2.16. The van der Waals surface area contributed by atoms with Crippen LogP contribution in [-0.4, -0.2) is 42.3 Å². The number of nitrogens with zero attached hydrogens (tertiary/aromatic N) is 1. The number of likely N-dealkylation sites (tertiary alicyclic amines) is 1. The number of rotatable bonds is 5. The highest BCUT2D eigenvalue weighted by molar-refractivity contribution is 5.46. The SMILES string of the molecule is OC(CNc1c(F)cccc1F)CN1CCCC1. The zero-order chi connectivity index (χ0) is 13.0. The summed E-state index contributed by atoms with van der Waals surface area (Å²) < 4.78 is 26.6. The summed E-state index contributed by atoms with van der Waals surface area (Å²) in [5, 5.41) is 12.4. The molecule has 0 saturated carbocycles. The fourth-order valence-corrected chi connectivity index (χ4v) is 2.21. The number of nitrogens with one attached hydrogen (secondary N) is 1. The second kappa shape index (κ2) is 6.11. The lowest BCUT2D eigenvalue weighted by Crippen LogP contribution is -2.34. The first-order valence-corrected chi connectivity index (χ1v) is 6.25. The Morgan fingerprint density at radius 2 is 1.83 bits per heavy atom. The largest absolute Gasteiger partial charge is 0.390 e. The number of hydrogen-bond donors (Lipinski definition) is 2. The lowest BCUT2D eigenvalue weighted by molar-refractivity contribution is 0.135. The van der Waals surface area contributed by atoms with Gasteiger partial charge in [-0.25, -0.2) is 8.78 Å². The molecule has 1 aromatic carbocycles. The van der Waals surface area contributed by atoms with E-state index in [0.717, 1.165) is 25.9 Å². The molecule has 1 saturated heterocycles. The van der Waals surface area contributed by atoms with Crippen LogP contribution in [0.1, 0.15) is 12.8 Å². The van der Waals surface area contributed by atoms with Crippen molar-refractivity contribution in [3.05, 3.63) is 29.8 Å². The molecule has 1 atom stereocenters. The van der Waals surface area contributed by atoms with E-state index in [1.807, 2.05) is 0 Å². The maximum Gasteiger partial charge on any atom is 0.149 e. The number of anilines is 1. The number of halogens is 2. The summed E-state index contributed by atoms with van der Waals surface area (Å²) in [6, 6.07) is 3.70. The van der Waals surface area contributed by atoms with Gasteiger partial charge in [0.2, 0.25) is 0 Å². The van der Waals surface area contributed by atoms with Gasteiger partial charge in [-0.1, -0.05) is 6.07 Å². The zero-order valence-corrected chi connectivity index (χ0v) is 10.2. The summed E-state index contributed by atoms with van der Waals surface area (Å²) in [6.07, 6.45) is 1.69. The second-order valence-corrected chi connectivity index (χ2v) is 4.64. The Kier molecular flexibility index (Phi) is 4.49. The molecule has 2 rings (SSSR count). The standard InChI is InChI=1S/C13H18F2N2O/c14-11-4-3-5-12(15)13(11)16-8-10(18)9-17-6-1-2-7-17/h3-5,10,16,18H,1-2,6-9H2. The number of para-hydroxylation sites is 1. The lowest BCUT2D eigenvalue weighted by atomic mass is 10.2. The molecule has 3 nitrogen and oxygen atoms in total. The maximum absolute atomic E-state index is 13.3. The molecule has 5 heteroatoms. The van der Waals surface area contributed by atoms with Crippen LogP contribution in [0.4, 0.5) is 14.5 Å². The summed E-state index contributed by atoms with van der Waals surface area (Å²) in [7, 11) is 0. The summed E-state index contributed by atoms with van der Waals surface area (Å²) >= 11 is 0. The van der Waals surface area contributed by atoms with E-state index in [-0.39, 0.29) is 12.2 Å². The van der Waals surface area contributed by atoms with Crippen LogP contribution in [-0.2, 0) is 0 Å². The fraction of sp³-hybridized carbons (Fsp3) is 0.538. The summed E-state index contributed by atoms with van der Waals surface area (Å²) in [6.45, 7) is 2.67. The molecule has 0 radical (unpaired) electrons. The fourth-order valence-electron chi connectivity index (χ4n) is 2.21. The Morgan fingerprint density at radius 1 is 1.22 bits per heavy atom. The third-order valence-electron chi connectivity index (χ3n) is 3.14. The van der Waals surface area contributed by atoms with Gasteiger partial charge in [-0.2, -0.15) is 0 Å². The predicted molar refractivity (Wildman–Crippen MR) is 66.5 cm³/mol. The molecule has 1 heterocycles. The van der Waals surface area contributed by atoms with E-state index in [1.165, 1.54) is 18.2 Å². The minimum absolute atomic E-state index is 0.147. The molecule has 1 fully saturated rings. The number of aliphatic hydroxyl groups excluding tert-OH is 1. The Hall–Kier alpha value is -1.20.